The summed E-state index contributed by atoms with van der Waals surface area (Å²) in [6.07, 6.45) is 0.672. The monoisotopic (exact) mass is 382 g/mol. The van der Waals surface area contributed by atoms with Crippen LogP contribution in [0.15, 0.2) is 34.2 Å². The van der Waals surface area contributed by atoms with Crippen molar-refractivity contribution >= 4 is 17.7 Å². The highest BCUT2D eigenvalue weighted by atomic mass is 32.2. The smallest absolute Gasteiger partial charge is 0.343 e. The molecule has 1 heterocycles. The van der Waals surface area contributed by atoms with E-state index in [2.05, 4.69) is 15.5 Å². The molecule has 0 radical (unpaired) electrons. The number of amides is 1. The van der Waals surface area contributed by atoms with Crippen LogP contribution in [0.25, 0.3) is 0 Å². The summed E-state index contributed by atoms with van der Waals surface area (Å²) in [7, 11) is 1.60. The molecular formula is C17H23FN4O3S. The molecule has 2 rings (SSSR count). The lowest BCUT2D eigenvalue weighted by Gasteiger charge is -2.17. The maximum absolute atomic E-state index is 13.0. The second-order valence-corrected chi connectivity index (χ2v) is 7.16. The van der Waals surface area contributed by atoms with E-state index in [0.717, 1.165) is 5.56 Å². The van der Waals surface area contributed by atoms with E-state index in [1.54, 1.807) is 26.2 Å². The SMILES string of the molecule is COCCCn1c(SC(C)C(=O)NC(C)c2ccc(F)cc2)n[nH]c1=O. The van der Waals surface area contributed by atoms with Gasteiger partial charge >= 0.3 is 5.69 Å². The molecule has 26 heavy (non-hydrogen) atoms. The van der Waals surface area contributed by atoms with Crippen molar-refractivity contribution in [2.45, 2.75) is 43.3 Å². The van der Waals surface area contributed by atoms with E-state index in [1.807, 2.05) is 6.92 Å². The molecule has 2 atom stereocenters. The Hall–Kier alpha value is -2.13. The number of carbonyl (C=O) groups is 1. The normalized spacial score (nSPS) is 13.4. The summed E-state index contributed by atoms with van der Waals surface area (Å²) in [6, 6.07) is 5.74. The molecule has 1 aromatic carbocycles. The summed E-state index contributed by atoms with van der Waals surface area (Å²) in [5.41, 5.74) is 0.504. The molecule has 142 valence electrons. The fraction of sp³-hybridized carbons (Fsp3) is 0.471. The summed E-state index contributed by atoms with van der Waals surface area (Å²) in [4.78, 5) is 24.3. The fourth-order valence-electron chi connectivity index (χ4n) is 2.33. The highest BCUT2D eigenvalue weighted by molar-refractivity contribution is 8.00. The molecule has 0 aliphatic heterocycles. The minimum Gasteiger partial charge on any atom is -0.385 e. The zero-order valence-corrected chi connectivity index (χ0v) is 15.8. The number of nitrogens with one attached hydrogen (secondary N) is 2. The molecule has 0 spiro atoms. The maximum Gasteiger partial charge on any atom is 0.343 e. The Morgan fingerprint density at radius 2 is 2.08 bits per heavy atom. The van der Waals surface area contributed by atoms with Crippen molar-refractivity contribution in [2.24, 2.45) is 0 Å². The molecular weight excluding hydrogens is 359 g/mol. The Kier molecular flexibility index (Phi) is 7.40. The Morgan fingerprint density at radius 3 is 2.73 bits per heavy atom. The number of halogens is 1. The number of aromatic nitrogens is 3. The lowest BCUT2D eigenvalue weighted by molar-refractivity contribution is -0.120. The van der Waals surface area contributed by atoms with Gasteiger partial charge in [-0.25, -0.2) is 14.3 Å². The molecule has 2 aromatic rings. The molecule has 1 aromatic heterocycles. The third-order valence-corrected chi connectivity index (χ3v) is 4.92. The van der Waals surface area contributed by atoms with Gasteiger partial charge in [-0.05, 0) is 38.0 Å². The lowest BCUT2D eigenvalue weighted by Crippen LogP contribution is -2.33. The summed E-state index contributed by atoms with van der Waals surface area (Å²) >= 11 is 1.20. The van der Waals surface area contributed by atoms with E-state index in [0.29, 0.717) is 24.7 Å². The summed E-state index contributed by atoms with van der Waals surface area (Å²) in [6.45, 7) is 4.58. The number of hydrogen-bond donors (Lipinski definition) is 2. The number of nitrogens with zero attached hydrogens (tertiary/aromatic N) is 2. The third-order valence-electron chi connectivity index (χ3n) is 3.83. The number of thioether (sulfide) groups is 1. The van der Waals surface area contributed by atoms with Gasteiger partial charge in [-0.3, -0.25) is 9.36 Å². The molecule has 2 N–H and O–H groups in total. The van der Waals surface area contributed by atoms with Crippen molar-refractivity contribution < 1.29 is 13.9 Å². The van der Waals surface area contributed by atoms with Gasteiger partial charge < -0.3 is 10.1 Å². The lowest BCUT2D eigenvalue weighted by atomic mass is 10.1. The second-order valence-electron chi connectivity index (χ2n) is 5.85. The molecule has 9 heteroatoms. The van der Waals surface area contributed by atoms with E-state index in [9.17, 15) is 14.0 Å². The average molecular weight is 382 g/mol. The van der Waals surface area contributed by atoms with Crippen LogP contribution in [0, 0.1) is 5.82 Å². The summed E-state index contributed by atoms with van der Waals surface area (Å²) in [5, 5.41) is 9.30. The number of methoxy groups -OCH3 is 1. The first-order valence-corrected chi connectivity index (χ1v) is 9.17. The van der Waals surface area contributed by atoms with Crippen LogP contribution in [-0.2, 0) is 16.1 Å². The van der Waals surface area contributed by atoms with Gasteiger partial charge in [0.1, 0.15) is 5.82 Å². The largest absolute Gasteiger partial charge is 0.385 e. The first-order valence-electron chi connectivity index (χ1n) is 8.29. The molecule has 1 amide bonds. The number of benzene rings is 1. The van der Waals surface area contributed by atoms with E-state index in [4.69, 9.17) is 4.74 Å². The van der Waals surface area contributed by atoms with Gasteiger partial charge in [-0.15, -0.1) is 5.10 Å². The maximum atomic E-state index is 13.0. The minimum atomic E-state index is -0.450. The van der Waals surface area contributed by atoms with Gasteiger partial charge in [0.2, 0.25) is 5.91 Å². The van der Waals surface area contributed by atoms with E-state index in [-0.39, 0.29) is 23.5 Å². The van der Waals surface area contributed by atoms with Gasteiger partial charge in [0.15, 0.2) is 5.16 Å². The number of rotatable bonds is 9. The molecule has 0 saturated carbocycles. The van der Waals surface area contributed by atoms with Gasteiger partial charge in [0, 0.05) is 20.3 Å². The van der Waals surface area contributed by atoms with Gasteiger partial charge in [0.25, 0.3) is 0 Å². The zero-order chi connectivity index (χ0) is 19.1. The van der Waals surface area contributed by atoms with Crippen LogP contribution in [0.3, 0.4) is 0 Å². The number of ether oxygens (including phenoxy) is 1. The Balaban J connectivity index is 1.96. The standard InChI is InChI=1S/C17H23FN4O3S/c1-11(13-5-7-14(18)8-6-13)19-15(23)12(2)26-17-21-20-16(24)22(17)9-4-10-25-3/h5-8,11-12H,4,9-10H2,1-3H3,(H,19,23)(H,20,24). The number of aromatic amines is 1. The van der Waals surface area contributed by atoms with Crippen LogP contribution in [-0.4, -0.2) is 39.6 Å². The van der Waals surface area contributed by atoms with Crippen molar-refractivity contribution in [1.29, 1.82) is 0 Å². The first kappa shape index (κ1) is 20.2. The Bertz CT molecular complexity index is 775. The summed E-state index contributed by atoms with van der Waals surface area (Å²) in [5.74, 6) is -0.508. The van der Waals surface area contributed by atoms with Crippen molar-refractivity contribution in [2.75, 3.05) is 13.7 Å². The molecule has 0 saturated heterocycles. The number of carbonyl (C=O) groups excluding carboxylic acids is 1. The number of hydrogen-bond acceptors (Lipinski definition) is 5. The van der Waals surface area contributed by atoms with E-state index < -0.39 is 5.25 Å². The van der Waals surface area contributed by atoms with Crippen LogP contribution in [0.5, 0.6) is 0 Å². The van der Waals surface area contributed by atoms with Crippen LogP contribution in [0.1, 0.15) is 31.9 Å². The van der Waals surface area contributed by atoms with Crippen molar-refractivity contribution in [1.82, 2.24) is 20.1 Å². The van der Waals surface area contributed by atoms with Crippen LogP contribution in [0.4, 0.5) is 4.39 Å². The van der Waals surface area contributed by atoms with Crippen molar-refractivity contribution in [3.05, 3.63) is 46.1 Å². The van der Waals surface area contributed by atoms with Crippen molar-refractivity contribution in [3.8, 4) is 0 Å². The molecule has 2 unspecified atom stereocenters. The molecule has 0 fully saturated rings. The topological polar surface area (TPSA) is 89.0 Å². The number of H-pyrrole nitrogens is 1. The highest BCUT2D eigenvalue weighted by Gasteiger charge is 2.20. The Morgan fingerprint density at radius 1 is 1.38 bits per heavy atom. The van der Waals surface area contributed by atoms with E-state index >= 15 is 0 Å². The zero-order valence-electron chi connectivity index (χ0n) is 15.0. The molecule has 7 nitrogen and oxygen atoms in total. The molecule has 0 aliphatic rings. The first-order chi connectivity index (χ1) is 12.4. The fourth-order valence-corrected chi connectivity index (χ4v) is 3.23. The highest BCUT2D eigenvalue weighted by Crippen LogP contribution is 2.21. The van der Waals surface area contributed by atoms with Crippen molar-refractivity contribution in [3.63, 3.8) is 0 Å². The van der Waals surface area contributed by atoms with Gasteiger partial charge in [-0.1, -0.05) is 23.9 Å². The van der Waals surface area contributed by atoms with Gasteiger partial charge in [-0.2, -0.15) is 0 Å². The van der Waals surface area contributed by atoms with Crippen LogP contribution < -0.4 is 11.0 Å². The van der Waals surface area contributed by atoms with E-state index in [1.165, 1.54) is 28.5 Å². The average Bonchev–Trinajstić information content (AvgIpc) is 2.95. The minimum absolute atomic E-state index is 0.189. The quantitative estimate of drug-likeness (QED) is 0.512. The third kappa shape index (κ3) is 5.43. The predicted octanol–water partition coefficient (Wildman–Crippen LogP) is 2.11. The van der Waals surface area contributed by atoms with Gasteiger partial charge in [0.05, 0.1) is 11.3 Å². The second kappa shape index (κ2) is 9.54. The van der Waals surface area contributed by atoms with Crippen LogP contribution in [0.2, 0.25) is 0 Å². The molecule has 0 aliphatic carbocycles. The summed E-state index contributed by atoms with van der Waals surface area (Å²) < 4.78 is 19.5. The van der Waals surface area contributed by atoms with Crippen LogP contribution >= 0.6 is 11.8 Å². The Labute approximate surface area is 155 Å². The molecule has 0 bridgehead atoms. The predicted molar refractivity (Wildman–Crippen MR) is 97.6 cm³/mol.